The van der Waals surface area contributed by atoms with Crippen molar-refractivity contribution in [1.82, 2.24) is 9.97 Å². The fourth-order valence-electron chi connectivity index (χ4n) is 2.26. The van der Waals surface area contributed by atoms with Crippen molar-refractivity contribution in [3.8, 4) is 0 Å². The van der Waals surface area contributed by atoms with Gasteiger partial charge in [0.05, 0.1) is 5.92 Å². The van der Waals surface area contributed by atoms with Gasteiger partial charge >= 0.3 is 6.18 Å². The Bertz CT molecular complexity index is 439. The Balaban J connectivity index is 2.07. The summed E-state index contributed by atoms with van der Waals surface area (Å²) in [5, 5.41) is 2.85. The topological polar surface area (TPSA) is 41.1 Å². The van der Waals surface area contributed by atoms with Crippen molar-refractivity contribution >= 4 is 11.8 Å². The van der Waals surface area contributed by atoms with Gasteiger partial charge in [0.1, 0.15) is 5.82 Å². The first-order valence-corrected chi connectivity index (χ1v) is 6.25. The maximum atomic E-state index is 12.6. The van der Waals surface area contributed by atoms with E-state index < -0.39 is 12.1 Å². The van der Waals surface area contributed by atoms with Gasteiger partial charge in [-0.05, 0) is 19.8 Å². The molecule has 2 rings (SSSR count). The van der Waals surface area contributed by atoms with Crippen molar-refractivity contribution in [2.24, 2.45) is 5.92 Å². The molecule has 0 radical (unpaired) electrons. The molecule has 4 nitrogen and oxygen atoms in total. The van der Waals surface area contributed by atoms with Gasteiger partial charge < -0.3 is 10.2 Å². The van der Waals surface area contributed by atoms with Crippen molar-refractivity contribution in [3.63, 3.8) is 0 Å². The Morgan fingerprint density at radius 3 is 2.42 bits per heavy atom. The molecule has 19 heavy (non-hydrogen) atoms. The second-order valence-corrected chi connectivity index (χ2v) is 4.74. The molecular formula is C12H17F3N4. The number of rotatable bonds is 2. The second-order valence-electron chi connectivity index (χ2n) is 4.74. The van der Waals surface area contributed by atoms with Crippen molar-refractivity contribution < 1.29 is 13.2 Å². The van der Waals surface area contributed by atoms with Gasteiger partial charge in [-0.3, -0.25) is 0 Å². The normalized spacial score (nSPS) is 17.6. The molecule has 0 atom stereocenters. The van der Waals surface area contributed by atoms with E-state index in [4.69, 9.17) is 0 Å². The number of hydrogen-bond acceptors (Lipinski definition) is 4. The number of piperidine rings is 1. The summed E-state index contributed by atoms with van der Waals surface area (Å²) in [5.41, 5.74) is 0.798. The molecule has 0 aliphatic carbocycles. The lowest BCUT2D eigenvalue weighted by molar-refractivity contribution is -0.179. The number of anilines is 2. The van der Waals surface area contributed by atoms with Crippen LogP contribution < -0.4 is 10.2 Å². The zero-order chi connectivity index (χ0) is 14.0. The van der Waals surface area contributed by atoms with Gasteiger partial charge in [-0.2, -0.15) is 18.2 Å². The third-order valence-electron chi connectivity index (χ3n) is 3.35. The van der Waals surface area contributed by atoms with Crippen LogP contribution >= 0.6 is 0 Å². The van der Waals surface area contributed by atoms with Gasteiger partial charge in [0.15, 0.2) is 0 Å². The Hall–Kier alpha value is -1.53. The van der Waals surface area contributed by atoms with E-state index in [0.717, 1.165) is 5.69 Å². The Morgan fingerprint density at radius 2 is 1.89 bits per heavy atom. The highest BCUT2D eigenvalue weighted by atomic mass is 19.4. The van der Waals surface area contributed by atoms with Crippen molar-refractivity contribution in [3.05, 3.63) is 11.8 Å². The van der Waals surface area contributed by atoms with Gasteiger partial charge in [-0.25, -0.2) is 4.98 Å². The van der Waals surface area contributed by atoms with E-state index in [1.54, 1.807) is 13.1 Å². The van der Waals surface area contributed by atoms with Crippen LogP contribution in [0.3, 0.4) is 0 Å². The van der Waals surface area contributed by atoms with Crippen LogP contribution in [0.15, 0.2) is 6.07 Å². The lowest BCUT2D eigenvalue weighted by Crippen LogP contribution is -2.39. The predicted molar refractivity (Wildman–Crippen MR) is 67.3 cm³/mol. The lowest BCUT2D eigenvalue weighted by atomic mass is 9.96. The fourth-order valence-corrected chi connectivity index (χ4v) is 2.26. The molecule has 1 aromatic heterocycles. The van der Waals surface area contributed by atoms with E-state index in [-0.39, 0.29) is 12.8 Å². The number of alkyl halides is 3. The van der Waals surface area contributed by atoms with E-state index in [1.165, 1.54) is 0 Å². The first-order valence-electron chi connectivity index (χ1n) is 6.25. The van der Waals surface area contributed by atoms with Crippen molar-refractivity contribution in [2.75, 3.05) is 30.4 Å². The largest absolute Gasteiger partial charge is 0.391 e. The Kier molecular flexibility index (Phi) is 3.82. The zero-order valence-electron chi connectivity index (χ0n) is 11.0. The van der Waals surface area contributed by atoms with Crippen LogP contribution in [0.1, 0.15) is 18.5 Å². The number of nitrogens with zero attached hydrogens (tertiary/aromatic N) is 3. The summed E-state index contributed by atoms with van der Waals surface area (Å²) >= 11 is 0. The number of nitrogens with one attached hydrogen (secondary N) is 1. The van der Waals surface area contributed by atoms with Crippen LogP contribution in [0, 0.1) is 12.8 Å². The molecule has 1 aliphatic rings. The quantitative estimate of drug-likeness (QED) is 0.900. The van der Waals surface area contributed by atoms with Crippen LogP contribution in [0.5, 0.6) is 0 Å². The fraction of sp³-hybridized carbons (Fsp3) is 0.667. The van der Waals surface area contributed by atoms with Crippen LogP contribution in [-0.4, -0.2) is 36.3 Å². The average molecular weight is 274 g/mol. The highest BCUT2D eigenvalue weighted by Crippen LogP contribution is 2.35. The summed E-state index contributed by atoms with van der Waals surface area (Å²) < 4.78 is 37.8. The third kappa shape index (κ3) is 3.27. The number of hydrogen-bond donors (Lipinski definition) is 1. The Labute approximate surface area is 110 Å². The van der Waals surface area contributed by atoms with Gasteiger partial charge in [0.2, 0.25) is 5.95 Å². The summed E-state index contributed by atoms with van der Waals surface area (Å²) in [6, 6.07) is 1.80. The summed E-state index contributed by atoms with van der Waals surface area (Å²) in [6.07, 6.45) is -3.83. The van der Waals surface area contributed by atoms with Gasteiger partial charge in [0, 0.05) is 31.9 Å². The molecule has 106 valence electrons. The predicted octanol–water partition coefficient (Wildman–Crippen LogP) is 2.61. The summed E-state index contributed by atoms with van der Waals surface area (Å²) in [5.74, 6) is 0.000809. The van der Waals surface area contributed by atoms with E-state index in [9.17, 15) is 13.2 Å². The minimum Gasteiger partial charge on any atom is -0.357 e. The minimum absolute atomic E-state index is 0.126. The highest BCUT2D eigenvalue weighted by Gasteiger charge is 2.41. The monoisotopic (exact) mass is 274 g/mol. The lowest BCUT2D eigenvalue weighted by Gasteiger charge is -2.33. The maximum Gasteiger partial charge on any atom is 0.391 e. The number of aryl methyl sites for hydroxylation is 1. The second kappa shape index (κ2) is 5.22. The molecule has 0 aromatic carbocycles. The molecule has 0 unspecified atom stereocenters. The zero-order valence-corrected chi connectivity index (χ0v) is 11.0. The molecule has 1 N–H and O–H groups in total. The molecule has 7 heteroatoms. The van der Waals surface area contributed by atoms with Gasteiger partial charge in [-0.1, -0.05) is 0 Å². The van der Waals surface area contributed by atoms with Crippen molar-refractivity contribution in [2.45, 2.75) is 25.9 Å². The molecule has 0 spiro atoms. The van der Waals surface area contributed by atoms with Gasteiger partial charge in [-0.15, -0.1) is 0 Å². The van der Waals surface area contributed by atoms with E-state index in [1.807, 2.05) is 11.8 Å². The Morgan fingerprint density at radius 1 is 1.26 bits per heavy atom. The molecule has 0 bridgehead atoms. The summed E-state index contributed by atoms with van der Waals surface area (Å²) in [4.78, 5) is 10.3. The molecule has 0 saturated carbocycles. The summed E-state index contributed by atoms with van der Waals surface area (Å²) in [6.45, 7) is 2.60. The van der Waals surface area contributed by atoms with Crippen LogP contribution in [0.2, 0.25) is 0 Å². The van der Waals surface area contributed by atoms with Crippen LogP contribution in [0.25, 0.3) is 0 Å². The molecule has 1 aromatic rings. The standard InChI is InChI=1S/C12H17F3N4/c1-8-7-10(18-11(16-2)17-8)19-5-3-9(4-6-19)12(13,14)15/h7,9H,3-6H2,1-2H3,(H,16,17,18). The minimum atomic E-state index is -4.08. The van der Waals surface area contributed by atoms with E-state index in [0.29, 0.717) is 24.9 Å². The number of halogens is 3. The third-order valence-corrected chi connectivity index (χ3v) is 3.35. The van der Waals surface area contributed by atoms with E-state index in [2.05, 4.69) is 15.3 Å². The van der Waals surface area contributed by atoms with Crippen LogP contribution in [-0.2, 0) is 0 Å². The smallest absolute Gasteiger partial charge is 0.357 e. The molecule has 0 amide bonds. The first-order chi connectivity index (χ1) is 8.90. The molecule has 1 aliphatic heterocycles. The molecule has 1 saturated heterocycles. The van der Waals surface area contributed by atoms with Gasteiger partial charge in [0.25, 0.3) is 0 Å². The maximum absolute atomic E-state index is 12.6. The highest BCUT2D eigenvalue weighted by molar-refractivity contribution is 5.44. The average Bonchev–Trinajstić information content (AvgIpc) is 2.37. The van der Waals surface area contributed by atoms with E-state index >= 15 is 0 Å². The number of aromatic nitrogens is 2. The molecule has 1 fully saturated rings. The molecular weight excluding hydrogens is 257 g/mol. The SMILES string of the molecule is CNc1nc(C)cc(N2CCC(C(F)(F)F)CC2)n1. The van der Waals surface area contributed by atoms with Crippen molar-refractivity contribution in [1.29, 1.82) is 0 Å². The molecule has 2 heterocycles. The summed E-state index contributed by atoms with van der Waals surface area (Å²) in [7, 11) is 1.72. The van der Waals surface area contributed by atoms with Crippen LogP contribution in [0.4, 0.5) is 24.9 Å². The first kappa shape index (κ1) is 13.9.